The molecular weight excluding hydrogens is 397 g/mol. The third-order valence-electron chi connectivity index (χ3n) is 3.27. The molecule has 0 radical (unpaired) electrons. The summed E-state index contributed by atoms with van der Waals surface area (Å²) in [5, 5.41) is 9.60. The fourth-order valence-electron chi connectivity index (χ4n) is 2.29. The molecule has 20 heavy (non-hydrogen) atoms. The number of aliphatic carboxylic acids is 1. The van der Waals surface area contributed by atoms with Crippen molar-refractivity contribution in [2.45, 2.75) is 18.9 Å². The minimum absolute atomic E-state index is 0.297. The molecule has 1 fully saturated rings. The minimum Gasteiger partial charge on any atom is -0.496 e. The molecule has 1 N–H and O–H groups in total. The number of carbonyl (C=O) groups is 2. The van der Waals surface area contributed by atoms with Crippen molar-refractivity contribution in [3.63, 3.8) is 0 Å². The second kappa shape index (κ2) is 6.17. The molecular formula is C13H13ClINO4. The molecule has 0 unspecified atom stereocenters. The van der Waals surface area contributed by atoms with Gasteiger partial charge in [-0.3, -0.25) is 4.79 Å². The average Bonchev–Trinajstić information content (AvgIpc) is 2.90. The van der Waals surface area contributed by atoms with Crippen molar-refractivity contribution in [3.8, 4) is 5.75 Å². The van der Waals surface area contributed by atoms with Crippen molar-refractivity contribution in [1.82, 2.24) is 4.90 Å². The lowest BCUT2D eigenvalue weighted by Gasteiger charge is -2.22. The van der Waals surface area contributed by atoms with Crippen molar-refractivity contribution in [1.29, 1.82) is 0 Å². The molecule has 1 atom stereocenters. The first-order chi connectivity index (χ1) is 9.45. The van der Waals surface area contributed by atoms with Crippen LogP contribution in [0.25, 0.3) is 0 Å². The van der Waals surface area contributed by atoms with Crippen LogP contribution in [0.2, 0.25) is 5.02 Å². The molecule has 1 aliphatic heterocycles. The number of methoxy groups -OCH3 is 1. The van der Waals surface area contributed by atoms with Gasteiger partial charge in [-0.1, -0.05) is 11.6 Å². The van der Waals surface area contributed by atoms with Gasteiger partial charge in [0.25, 0.3) is 5.91 Å². The summed E-state index contributed by atoms with van der Waals surface area (Å²) in [6, 6.07) is 2.43. The molecule has 1 heterocycles. The summed E-state index contributed by atoms with van der Waals surface area (Å²) in [5.74, 6) is -0.934. The van der Waals surface area contributed by atoms with Crippen molar-refractivity contribution in [2.24, 2.45) is 0 Å². The first-order valence-electron chi connectivity index (χ1n) is 6.02. The second-order valence-corrected chi connectivity index (χ2v) is 6.03. The van der Waals surface area contributed by atoms with Crippen LogP contribution in [0.1, 0.15) is 23.2 Å². The summed E-state index contributed by atoms with van der Waals surface area (Å²) in [6.07, 6.45) is 1.16. The fourth-order valence-corrected chi connectivity index (χ4v) is 2.89. The number of likely N-dealkylation sites (tertiary alicyclic amines) is 1. The van der Waals surface area contributed by atoms with Gasteiger partial charge in [0.1, 0.15) is 11.8 Å². The standard InChI is InChI=1S/C13H13ClINO4/c1-20-11-6-9(15)8(14)5-7(11)12(17)16-4-2-3-10(16)13(18)19/h5-6,10H,2-4H2,1H3,(H,18,19)/t10-/m1/s1. The molecule has 5 nitrogen and oxygen atoms in total. The normalized spacial score (nSPS) is 18.1. The number of carboxylic acid groups (broad SMARTS) is 1. The van der Waals surface area contributed by atoms with E-state index >= 15 is 0 Å². The summed E-state index contributed by atoms with van der Waals surface area (Å²) >= 11 is 8.09. The van der Waals surface area contributed by atoms with Crippen molar-refractivity contribution in [2.75, 3.05) is 13.7 Å². The number of rotatable bonds is 3. The van der Waals surface area contributed by atoms with Crippen LogP contribution in [-0.4, -0.2) is 41.6 Å². The fraction of sp³-hybridized carbons (Fsp3) is 0.385. The maximum Gasteiger partial charge on any atom is 0.326 e. The Labute approximate surface area is 135 Å². The van der Waals surface area contributed by atoms with Crippen molar-refractivity contribution in [3.05, 3.63) is 26.3 Å². The molecule has 1 aromatic carbocycles. The third-order valence-corrected chi connectivity index (χ3v) is 4.80. The van der Waals surface area contributed by atoms with Gasteiger partial charge in [0.15, 0.2) is 0 Å². The predicted molar refractivity (Wildman–Crippen MR) is 82.4 cm³/mol. The van der Waals surface area contributed by atoms with Gasteiger partial charge in [0.05, 0.1) is 17.7 Å². The summed E-state index contributed by atoms with van der Waals surface area (Å²) in [7, 11) is 1.47. The lowest BCUT2D eigenvalue weighted by atomic mass is 10.1. The Balaban J connectivity index is 2.38. The number of carboxylic acids is 1. The SMILES string of the molecule is COc1cc(I)c(Cl)cc1C(=O)N1CCC[C@@H]1C(=O)O. The number of nitrogens with zero attached hydrogens (tertiary/aromatic N) is 1. The predicted octanol–water partition coefficient (Wildman–Crippen LogP) is 2.64. The highest BCUT2D eigenvalue weighted by molar-refractivity contribution is 14.1. The highest BCUT2D eigenvalue weighted by Crippen LogP contribution is 2.31. The van der Waals surface area contributed by atoms with Gasteiger partial charge in [0.2, 0.25) is 0 Å². The highest BCUT2D eigenvalue weighted by Gasteiger charge is 2.35. The zero-order valence-electron chi connectivity index (χ0n) is 10.7. The molecule has 7 heteroatoms. The lowest BCUT2D eigenvalue weighted by molar-refractivity contribution is -0.141. The molecule has 1 saturated heterocycles. The quantitative estimate of drug-likeness (QED) is 0.780. The minimum atomic E-state index is -0.980. The Morgan fingerprint density at radius 1 is 1.50 bits per heavy atom. The molecule has 1 aromatic rings. The van der Waals surface area contributed by atoms with Gasteiger partial charge < -0.3 is 14.7 Å². The number of amides is 1. The molecule has 0 bridgehead atoms. The van der Waals surface area contributed by atoms with E-state index in [1.165, 1.54) is 18.1 Å². The number of ether oxygens (including phenoxy) is 1. The van der Waals surface area contributed by atoms with E-state index in [0.717, 1.165) is 3.57 Å². The van der Waals surface area contributed by atoms with E-state index in [2.05, 4.69) is 0 Å². The molecule has 0 saturated carbocycles. The number of halogens is 2. The van der Waals surface area contributed by atoms with E-state index in [9.17, 15) is 9.59 Å². The summed E-state index contributed by atoms with van der Waals surface area (Å²) in [5.41, 5.74) is 0.297. The van der Waals surface area contributed by atoms with Crippen LogP contribution in [0, 0.1) is 3.57 Å². The highest BCUT2D eigenvalue weighted by atomic mass is 127. The van der Waals surface area contributed by atoms with Crippen LogP contribution in [0.4, 0.5) is 0 Å². The van der Waals surface area contributed by atoms with Gasteiger partial charge in [-0.15, -0.1) is 0 Å². The molecule has 0 spiro atoms. The van der Waals surface area contributed by atoms with Gasteiger partial charge in [-0.05, 0) is 47.6 Å². The Hall–Kier alpha value is -1.02. The molecule has 2 rings (SSSR count). The Kier molecular flexibility index (Phi) is 4.74. The zero-order chi connectivity index (χ0) is 14.9. The van der Waals surface area contributed by atoms with E-state index < -0.39 is 12.0 Å². The third kappa shape index (κ3) is 2.85. The molecule has 1 aliphatic rings. The number of hydrogen-bond acceptors (Lipinski definition) is 3. The number of hydrogen-bond donors (Lipinski definition) is 1. The number of benzene rings is 1. The van der Waals surface area contributed by atoms with Crippen LogP contribution in [0.3, 0.4) is 0 Å². The average molecular weight is 410 g/mol. The smallest absolute Gasteiger partial charge is 0.326 e. The van der Waals surface area contributed by atoms with Crippen LogP contribution >= 0.6 is 34.2 Å². The van der Waals surface area contributed by atoms with Gasteiger partial charge >= 0.3 is 5.97 Å². The van der Waals surface area contributed by atoms with E-state index in [0.29, 0.717) is 35.7 Å². The van der Waals surface area contributed by atoms with Gasteiger partial charge in [0, 0.05) is 10.1 Å². The molecule has 0 aliphatic carbocycles. The van der Waals surface area contributed by atoms with Crippen molar-refractivity contribution < 1.29 is 19.4 Å². The molecule has 108 valence electrons. The Morgan fingerprint density at radius 3 is 2.80 bits per heavy atom. The topological polar surface area (TPSA) is 66.8 Å². The maximum atomic E-state index is 12.5. The Bertz CT molecular complexity index is 564. The van der Waals surface area contributed by atoms with E-state index in [4.69, 9.17) is 21.4 Å². The first-order valence-corrected chi connectivity index (χ1v) is 7.48. The van der Waals surface area contributed by atoms with Crippen LogP contribution < -0.4 is 4.74 Å². The van der Waals surface area contributed by atoms with Crippen molar-refractivity contribution >= 4 is 46.1 Å². The van der Waals surface area contributed by atoms with Crippen LogP contribution in [0.15, 0.2) is 12.1 Å². The van der Waals surface area contributed by atoms with E-state index in [1.807, 2.05) is 22.6 Å². The van der Waals surface area contributed by atoms with Crippen LogP contribution in [-0.2, 0) is 4.79 Å². The number of carbonyl (C=O) groups excluding carboxylic acids is 1. The summed E-state index contributed by atoms with van der Waals surface area (Å²) < 4.78 is 5.97. The zero-order valence-corrected chi connectivity index (χ0v) is 13.6. The van der Waals surface area contributed by atoms with Gasteiger partial charge in [-0.25, -0.2) is 4.79 Å². The lowest BCUT2D eigenvalue weighted by Crippen LogP contribution is -2.40. The second-order valence-electron chi connectivity index (χ2n) is 4.46. The van der Waals surface area contributed by atoms with E-state index in [1.54, 1.807) is 6.07 Å². The summed E-state index contributed by atoms with van der Waals surface area (Å²) in [4.78, 5) is 25.1. The molecule has 1 amide bonds. The first kappa shape index (κ1) is 15.4. The van der Waals surface area contributed by atoms with Crippen LogP contribution in [0.5, 0.6) is 5.75 Å². The molecule has 0 aromatic heterocycles. The van der Waals surface area contributed by atoms with Gasteiger partial charge in [-0.2, -0.15) is 0 Å². The maximum absolute atomic E-state index is 12.5. The largest absolute Gasteiger partial charge is 0.496 e. The monoisotopic (exact) mass is 409 g/mol. The van der Waals surface area contributed by atoms with E-state index in [-0.39, 0.29) is 5.91 Å². The Morgan fingerprint density at radius 2 is 2.20 bits per heavy atom. The summed E-state index contributed by atoms with van der Waals surface area (Å²) in [6.45, 7) is 0.433.